The summed E-state index contributed by atoms with van der Waals surface area (Å²) in [5.74, 6) is -1.56. The van der Waals surface area contributed by atoms with E-state index in [4.69, 9.17) is 11.6 Å². The molecule has 1 rings (SSSR count). The second-order valence-electron chi connectivity index (χ2n) is 3.29. The summed E-state index contributed by atoms with van der Waals surface area (Å²) in [7, 11) is -3.83. The molecule has 0 bridgehead atoms. The summed E-state index contributed by atoms with van der Waals surface area (Å²) in [5, 5.41) is 0.241. The van der Waals surface area contributed by atoms with Crippen molar-refractivity contribution in [1.29, 1.82) is 0 Å². The van der Waals surface area contributed by atoms with Crippen LogP contribution in [-0.2, 0) is 19.6 Å². The van der Waals surface area contributed by atoms with Crippen molar-refractivity contribution in [2.45, 2.75) is 6.92 Å². The first kappa shape index (κ1) is 15.3. The zero-order chi connectivity index (χ0) is 13.8. The topological polar surface area (TPSA) is 72.5 Å². The molecule has 100 valence electrons. The highest BCUT2D eigenvalue weighted by Gasteiger charge is 2.18. The molecule has 0 aromatic heterocycles. The Morgan fingerprint density at radius 2 is 2.17 bits per heavy atom. The highest BCUT2D eigenvalue weighted by molar-refractivity contribution is 9.10. The van der Waals surface area contributed by atoms with Crippen LogP contribution in [0.15, 0.2) is 22.7 Å². The van der Waals surface area contributed by atoms with Gasteiger partial charge in [-0.2, -0.15) is 0 Å². The van der Waals surface area contributed by atoms with Crippen molar-refractivity contribution in [2.24, 2.45) is 0 Å². The number of hydrogen-bond acceptors (Lipinski definition) is 4. The van der Waals surface area contributed by atoms with Crippen molar-refractivity contribution in [3.63, 3.8) is 0 Å². The maximum Gasteiger partial charge on any atom is 0.323 e. The van der Waals surface area contributed by atoms with Crippen molar-refractivity contribution in [2.75, 3.05) is 17.1 Å². The van der Waals surface area contributed by atoms with Gasteiger partial charge >= 0.3 is 5.97 Å². The molecular weight excluding hydrogens is 346 g/mol. The maximum absolute atomic E-state index is 11.7. The summed E-state index contributed by atoms with van der Waals surface area (Å²) in [6, 6.07) is 4.71. The summed E-state index contributed by atoms with van der Waals surface area (Å²) < 4.78 is 30.8. The molecule has 0 spiro atoms. The zero-order valence-corrected chi connectivity index (χ0v) is 12.6. The molecule has 0 aliphatic rings. The summed E-state index contributed by atoms with van der Waals surface area (Å²) in [5.41, 5.74) is 0.204. The van der Waals surface area contributed by atoms with Crippen molar-refractivity contribution < 1.29 is 17.9 Å². The van der Waals surface area contributed by atoms with Gasteiger partial charge in [0.2, 0.25) is 10.0 Å². The Hall–Kier alpha value is -0.790. The van der Waals surface area contributed by atoms with E-state index in [0.717, 1.165) is 0 Å². The van der Waals surface area contributed by atoms with Crippen molar-refractivity contribution >= 4 is 49.2 Å². The van der Waals surface area contributed by atoms with Crippen molar-refractivity contribution in [3.8, 4) is 0 Å². The van der Waals surface area contributed by atoms with Gasteiger partial charge in [0.25, 0.3) is 0 Å². The van der Waals surface area contributed by atoms with Gasteiger partial charge in [-0.15, -0.1) is 0 Å². The second kappa shape index (κ2) is 6.40. The number of halogens is 2. The van der Waals surface area contributed by atoms with E-state index in [1.54, 1.807) is 13.0 Å². The third-order valence-electron chi connectivity index (χ3n) is 1.81. The molecular formula is C10H11BrClNO4S. The van der Waals surface area contributed by atoms with Gasteiger partial charge in [0.1, 0.15) is 0 Å². The number of hydrogen-bond donors (Lipinski definition) is 1. The average molecular weight is 357 g/mol. The number of rotatable bonds is 5. The van der Waals surface area contributed by atoms with E-state index in [1.165, 1.54) is 12.1 Å². The summed E-state index contributed by atoms with van der Waals surface area (Å²) in [4.78, 5) is 11.1. The van der Waals surface area contributed by atoms with Crippen LogP contribution in [0.4, 0.5) is 5.69 Å². The third-order valence-corrected chi connectivity index (χ3v) is 3.78. The van der Waals surface area contributed by atoms with Crippen LogP contribution in [-0.4, -0.2) is 26.7 Å². The summed E-state index contributed by atoms with van der Waals surface area (Å²) >= 11 is 9.03. The molecule has 1 aromatic carbocycles. The lowest BCUT2D eigenvalue weighted by atomic mass is 10.3. The van der Waals surface area contributed by atoms with Crippen molar-refractivity contribution in [3.05, 3.63) is 27.7 Å². The summed E-state index contributed by atoms with van der Waals surface area (Å²) in [6.45, 7) is 1.73. The predicted molar refractivity (Wildman–Crippen MR) is 73.2 cm³/mol. The van der Waals surface area contributed by atoms with Crippen LogP contribution < -0.4 is 4.72 Å². The number of carbonyl (C=O) groups excluding carboxylic acids is 1. The number of carbonyl (C=O) groups is 1. The van der Waals surface area contributed by atoms with Crippen LogP contribution in [0.25, 0.3) is 0 Å². The Labute approximate surface area is 119 Å². The SMILES string of the molecule is CCOC(=O)CS(=O)(=O)Nc1cc(Br)ccc1Cl. The smallest absolute Gasteiger partial charge is 0.323 e. The highest BCUT2D eigenvalue weighted by atomic mass is 79.9. The molecule has 0 unspecified atom stereocenters. The minimum absolute atomic E-state index is 0.131. The summed E-state index contributed by atoms with van der Waals surface area (Å²) in [6.07, 6.45) is 0. The second-order valence-corrected chi connectivity index (χ2v) is 6.34. The number of esters is 1. The van der Waals surface area contributed by atoms with Gasteiger partial charge in [-0.25, -0.2) is 8.42 Å². The quantitative estimate of drug-likeness (QED) is 0.822. The molecule has 0 radical (unpaired) electrons. The molecule has 18 heavy (non-hydrogen) atoms. The molecule has 0 fully saturated rings. The first-order valence-electron chi connectivity index (χ1n) is 4.95. The first-order chi connectivity index (χ1) is 8.34. The third kappa shape index (κ3) is 4.83. The number of sulfonamides is 1. The number of benzene rings is 1. The molecule has 0 saturated carbocycles. The normalized spacial score (nSPS) is 11.1. The maximum atomic E-state index is 11.7. The van der Waals surface area contributed by atoms with E-state index in [0.29, 0.717) is 4.47 Å². The fraction of sp³-hybridized carbons (Fsp3) is 0.300. The lowest BCUT2D eigenvalue weighted by Gasteiger charge is -2.09. The van der Waals surface area contributed by atoms with Crippen LogP contribution >= 0.6 is 27.5 Å². The highest BCUT2D eigenvalue weighted by Crippen LogP contribution is 2.26. The van der Waals surface area contributed by atoms with Gasteiger partial charge in [0.05, 0.1) is 17.3 Å². The van der Waals surface area contributed by atoms with Gasteiger partial charge in [0, 0.05) is 4.47 Å². The van der Waals surface area contributed by atoms with Crippen LogP contribution in [0.3, 0.4) is 0 Å². The van der Waals surface area contributed by atoms with E-state index in [-0.39, 0.29) is 17.3 Å². The van der Waals surface area contributed by atoms with Crippen LogP contribution in [0.5, 0.6) is 0 Å². The number of nitrogens with one attached hydrogen (secondary N) is 1. The molecule has 0 aliphatic heterocycles. The molecule has 5 nitrogen and oxygen atoms in total. The number of anilines is 1. The van der Waals surface area contributed by atoms with Gasteiger partial charge in [-0.3, -0.25) is 9.52 Å². The van der Waals surface area contributed by atoms with Crippen LogP contribution in [0.2, 0.25) is 5.02 Å². The van der Waals surface area contributed by atoms with E-state index in [9.17, 15) is 13.2 Å². The minimum Gasteiger partial charge on any atom is -0.465 e. The molecule has 1 N–H and O–H groups in total. The van der Waals surface area contributed by atoms with E-state index < -0.39 is 21.7 Å². The fourth-order valence-corrected chi connectivity index (χ4v) is 2.69. The van der Waals surface area contributed by atoms with E-state index in [1.807, 2.05) is 0 Å². The Morgan fingerprint density at radius 3 is 2.78 bits per heavy atom. The van der Waals surface area contributed by atoms with Gasteiger partial charge in [-0.05, 0) is 25.1 Å². The van der Waals surface area contributed by atoms with Gasteiger partial charge in [0.15, 0.2) is 5.75 Å². The molecule has 8 heteroatoms. The fourth-order valence-electron chi connectivity index (χ4n) is 1.14. The standard InChI is InChI=1S/C10H11BrClNO4S/c1-2-17-10(14)6-18(15,16)13-9-5-7(11)3-4-8(9)12/h3-5,13H,2,6H2,1H3. The first-order valence-corrected chi connectivity index (χ1v) is 7.77. The van der Waals surface area contributed by atoms with Crippen molar-refractivity contribution in [1.82, 2.24) is 0 Å². The predicted octanol–water partition coefficient (Wildman–Crippen LogP) is 2.41. The monoisotopic (exact) mass is 355 g/mol. The largest absolute Gasteiger partial charge is 0.465 e. The number of ether oxygens (including phenoxy) is 1. The Morgan fingerprint density at radius 1 is 1.50 bits per heavy atom. The van der Waals surface area contributed by atoms with Gasteiger partial charge < -0.3 is 4.74 Å². The Bertz CT molecular complexity index is 547. The molecule has 1 aromatic rings. The molecule has 0 heterocycles. The zero-order valence-electron chi connectivity index (χ0n) is 9.44. The average Bonchev–Trinajstić information content (AvgIpc) is 2.22. The van der Waals surface area contributed by atoms with E-state index in [2.05, 4.69) is 25.4 Å². The molecule has 0 amide bonds. The molecule has 0 saturated heterocycles. The van der Waals surface area contributed by atoms with E-state index >= 15 is 0 Å². The molecule has 0 atom stereocenters. The minimum atomic E-state index is -3.83. The Balaban J connectivity index is 2.82. The molecule has 0 aliphatic carbocycles. The Kier molecular flexibility index (Phi) is 5.43. The van der Waals surface area contributed by atoms with Crippen LogP contribution in [0.1, 0.15) is 6.92 Å². The van der Waals surface area contributed by atoms with Crippen LogP contribution in [0, 0.1) is 0 Å². The lowest BCUT2D eigenvalue weighted by Crippen LogP contribution is -2.24. The van der Waals surface area contributed by atoms with Gasteiger partial charge in [-0.1, -0.05) is 27.5 Å². The lowest BCUT2D eigenvalue weighted by molar-refractivity contribution is -0.139.